The highest BCUT2D eigenvalue weighted by Crippen LogP contribution is 2.31. The van der Waals surface area contributed by atoms with E-state index in [-0.39, 0.29) is 0 Å². The molecule has 1 aromatic heterocycles. The Labute approximate surface area is 111 Å². The van der Waals surface area contributed by atoms with Crippen LogP contribution in [-0.4, -0.2) is 16.8 Å². The Morgan fingerprint density at radius 2 is 2.11 bits per heavy atom. The van der Waals surface area contributed by atoms with Gasteiger partial charge in [0.1, 0.15) is 0 Å². The van der Waals surface area contributed by atoms with E-state index in [0.717, 1.165) is 34.7 Å². The molecule has 3 N–H and O–H groups in total. The SMILES string of the molecule is CNc1ccc(-n2cc(C(F)(F)F)cn2)c(SN)c1. The van der Waals surface area contributed by atoms with Crippen molar-refractivity contribution < 1.29 is 13.2 Å². The number of alkyl halides is 3. The molecular formula is C11H11F3N4S. The average Bonchev–Trinajstić information content (AvgIpc) is 2.87. The van der Waals surface area contributed by atoms with Gasteiger partial charge in [0.25, 0.3) is 0 Å². The van der Waals surface area contributed by atoms with Crippen molar-refractivity contribution >= 4 is 17.6 Å². The van der Waals surface area contributed by atoms with Gasteiger partial charge >= 0.3 is 6.18 Å². The van der Waals surface area contributed by atoms with Crippen molar-refractivity contribution in [3.8, 4) is 5.69 Å². The van der Waals surface area contributed by atoms with Gasteiger partial charge in [0, 0.05) is 18.9 Å². The van der Waals surface area contributed by atoms with E-state index in [2.05, 4.69) is 10.4 Å². The molecule has 0 fully saturated rings. The molecule has 8 heteroatoms. The fourth-order valence-corrected chi connectivity index (χ4v) is 2.03. The molecular weight excluding hydrogens is 277 g/mol. The van der Waals surface area contributed by atoms with Gasteiger partial charge in [0.05, 0.1) is 22.3 Å². The van der Waals surface area contributed by atoms with Crippen LogP contribution in [0.2, 0.25) is 0 Å². The second-order valence-corrected chi connectivity index (χ2v) is 4.40. The van der Waals surface area contributed by atoms with Crippen molar-refractivity contribution in [3.63, 3.8) is 0 Å². The Morgan fingerprint density at radius 3 is 2.63 bits per heavy atom. The molecule has 0 radical (unpaired) electrons. The van der Waals surface area contributed by atoms with Gasteiger partial charge in [-0.25, -0.2) is 4.68 Å². The van der Waals surface area contributed by atoms with Crippen LogP contribution in [0.5, 0.6) is 0 Å². The second kappa shape index (κ2) is 5.14. The van der Waals surface area contributed by atoms with Gasteiger partial charge in [-0.1, -0.05) is 0 Å². The minimum absolute atomic E-state index is 0.502. The quantitative estimate of drug-likeness (QED) is 0.853. The van der Waals surface area contributed by atoms with Crippen molar-refractivity contribution in [1.82, 2.24) is 9.78 Å². The minimum atomic E-state index is -4.40. The number of benzene rings is 1. The Balaban J connectivity index is 2.44. The summed E-state index contributed by atoms with van der Waals surface area (Å²) in [4.78, 5) is 0.628. The predicted molar refractivity (Wildman–Crippen MR) is 68.2 cm³/mol. The summed E-state index contributed by atoms with van der Waals surface area (Å²) in [5.41, 5.74) is 0.528. The highest BCUT2D eigenvalue weighted by Gasteiger charge is 2.32. The number of nitrogens with zero attached hydrogens (tertiary/aromatic N) is 2. The van der Waals surface area contributed by atoms with Crippen molar-refractivity contribution in [2.45, 2.75) is 11.1 Å². The molecule has 102 valence electrons. The molecule has 0 aliphatic carbocycles. The third-order valence-electron chi connectivity index (χ3n) is 2.53. The summed E-state index contributed by atoms with van der Waals surface area (Å²) in [6.45, 7) is 0. The Morgan fingerprint density at radius 1 is 1.37 bits per heavy atom. The Kier molecular flexibility index (Phi) is 3.72. The largest absolute Gasteiger partial charge is 0.419 e. The van der Waals surface area contributed by atoms with Gasteiger partial charge in [-0.3, -0.25) is 5.14 Å². The summed E-state index contributed by atoms with van der Waals surface area (Å²) < 4.78 is 38.7. The Hall–Kier alpha value is -1.67. The molecule has 0 atom stereocenters. The molecule has 19 heavy (non-hydrogen) atoms. The number of aromatic nitrogens is 2. The number of nitrogens with two attached hydrogens (primary N) is 1. The van der Waals surface area contributed by atoms with Crippen LogP contribution in [0.25, 0.3) is 5.69 Å². The lowest BCUT2D eigenvalue weighted by molar-refractivity contribution is -0.137. The molecule has 0 bridgehead atoms. The molecule has 0 amide bonds. The topological polar surface area (TPSA) is 55.9 Å². The molecule has 0 spiro atoms. The van der Waals surface area contributed by atoms with Crippen LogP contribution in [0.4, 0.5) is 18.9 Å². The van der Waals surface area contributed by atoms with Gasteiger partial charge in [0.15, 0.2) is 0 Å². The molecule has 2 aromatic rings. The highest BCUT2D eigenvalue weighted by molar-refractivity contribution is 7.97. The zero-order chi connectivity index (χ0) is 14.0. The van der Waals surface area contributed by atoms with E-state index in [4.69, 9.17) is 5.14 Å². The molecule has 0 unspecified atom stereocenters. The van der Waals surface area contributed by atoms with Crippen LogP contribution < -0.4 is 10.5 Å². The Bertz CT molecular complexity index is 580. The van der Waals surface area contributed by atoms with E-state index < -0.39 is 11.7 Å². The first-order valence-corrected chi connectivity index (χ1v) is 6.14. The normalized spacial score (nSPS) is 11.6. The highest BCUT2D eigenvalue weighted by atomic mass is 32.2. The van der Waals surface area contributed by atoms with E-state index in [9.17, 15) is 13.2 Å². The van der Waals surface area contributed by atoms with Gasteiger partial charge in [-0.2, -0.15) is 18.3 Å². The standard InChI is InChI=1S/C11H11F3N4S/c1-16-8-2-3-9(10(4-8)19-15)18-6-7(5-17-18)11(12,13)14/h2-6,16H,15H2,1H3. The number of hydrogen-bond donors (Lipinski definition) is 2. The smallest absolute Gasteiger partial charge is 0.388 e. The first-order valence-electron chi connectivity index (χ1n) is 5.26. The first-order chi connectivity index (χ1) is 8.95. The zero-order valence-electron chi connectivity index (χ0n) is 9.90. The third-order valence-corrected chi connectivity index (χ3v) is 3.11. The summed E-state index contributed by atoms with van der Waals surface area (Å²) >= 11 is 0.954. The van der Waals surface area contributed by atoms with Gasteiger partial charge < -0.3 is 5.32 Å². The molecule has 4 nitrogen and oxygen atoms in total. The maximum absolute atomic E-state index is 12.5. The maximum atomic E-state index is 12.5. The average molecular weight is 288 g/mol. The van der Waals surface area contributed by atoms with Gasteiger partial charge in [0.2, 0.25) is 0 Å². The summed E-state index contributed by atoms with van der Waals surface area (Å²) in [5.74, 6) is 0. The van der Waals surface area contributed by atoms with Crippen molar-refractivity contribution in [1.29, 1.82) is 0 Å². The number of halogens is 3. The minimum Gasteiger partial charge on any atom is -0.388 e. The molecule has 1 heterocycles. The van der Waals surface area contributed by atoms with Crippen molar-refractivity contribution in [3.05, 3.63) is 36.2 Å². The first kappa shape index (κ1) is 13.8. The number of nitrogens with one attached hydrogen (secondary N) is 1. The van der Waals surface area contributed by atoms with Crippen LogP contribution in [0.1, 0.15) is 5.56 Å². The summed E-state index contributed by atoms with van der Waals surface area (Å²) in [5, 5.41) is 12.2. The molecule has 0 saturated heterocycles. The van der Waals surface area contributed by atoms with E-state index in [1.807, 2.05) is 0 Å². The van der Waals surface area contributed by atoms with Crippen LogP contribution in [0.3, 0.4) is 0 Å². The summed E-state index contributed by atoms with van der Waals surface area (Å²) in [6.07, 6.45) is -2.68. The lowest BCUT2D eigenvalue weighted by Gasteiger charge is -2.09. The number of hydrogen-bond acceptors (Lipinski definition) is 4. The molecule has 1 aromatic carbocycles. The number of anilines is 1. The molecule has 0 saturated carbocycles. The van der Waals surface area contributed by atoms with E-state index >= 15 is 0 Å². The lowest BCUT2D eigenvalue weighted by Crippen LogP contribution is -2.03. The third kappa shape index (κ3) is 2.85. The van der Waals surface area contributed by atoms with Crippen LogP contribution >= 0.6 is 11.9 Å². The molecule has 0 aliphatic rings. The second-order valence-electron chi connectivity index (χ2n) is 3.72. The maximum Gasteiger partial charge on any atom is 0.419 e. The van der Waals surface area contributed by atoms with E-state index in [1.165, 1.54) is 0 Å². The molecule has 2 rings (SSSR count). The lowest BCUT2D eigenvalue weighted by atomic mass is 10.3. The molecule has 0 aliphatic heterocycles. The van der Waals surface area contributed by atoms with Crippen LogP contribution in [-0.2, 0) is 6.18 Å². The van der Waals surface area contributed by atoms with Gasteiger partial charge in [-0.05, 0) is 30.1 Å². The number of rotatable bonds is 3. The van der Waals surface area contributed by atoms with Crippen LogP contribution in [0.15, 0.2) is 35.5 Å². The van der Waals surface area contributed by atoms with Crippen molar-refractivity contribution in [2.24, 2.45) is 5.14 Å². The fraction of sp³-hybridized carbons (Fsp3) is 0.182. The van der Waals surface area contributed by atoms with Gasteiger partial charge in [-0.15, -0.1) is 0 Å². The summed E-state index contributed by atoms with van der Waals surface area (Å²) in [7, 11) is 1.75. The summed E-state index contributed by atoms with van der Waals surface area (Å²) in [6, 6.07) is 5.15. The monoisotopic (exact) mass is 288 g/mol. The van der Waals surface area contributed by atoms with Crippen molar-refractivity contribution in [2.75, 3.05) is 12.4 Å². The predicted octanol–water partition coefficient (Wildman–Crippen LogP) is 2.90. The van der Waals surface area contributed by atoms with Crippen LogP contribution in [0, 0.1) is 0 Å². The fourth-order valence-electron chi connectivity index (χ4n) is 1.55. The van der Waals surface area contributed by atoms with E-state index in [1.54, 1.807) is 25.2 Å². The zero-order valence-corrected chi connectivity index (χ0v) is 10.7. The van der Waals surface area contributed by atoms with E-state index in [0.29, 0.717) is 10.6 Å².